The second kappa shape index (κ2) is 20.4. The molecule has 0 fully saturated rings. The molecule has 1 heterocycles. The van der Waals surface area contributed by atoms with Gasteiger partial charge in [0.25, 0.3) is 16.1 Å². The van der Waals surface area contributed by atoms with Gasteiger partial charge in [-0.1, -0.05) is 62.9 Å². The van der Waals surface area contributed by atoms with Crippen LogP contribution in [0.2, 0.25) is 0 Å². The van der Waals surface area contributed by atoms with Gasteiger partial charge in [-0.3, -0.25) is 9.59 Å². The molecule has 2 aromatic carbocycles. The molecule has 0 aliphatic carbocycles. The maximum atomic E-state index is 14.3. The van der Waals surface area contributed by atoms with Gasteiger partial charge >= 0.3 is 5.97 Å². The number of halogens is 1. The van der Waals surface area contributed by atoms with Crippen molar-refractivity contribution in [2.24, 2.45) is 0 Å². The smallest absolute Gasteiger partial charge is 0.308 e. The van der Waals surface area contributed by atoms with Crippen LogP contribution in [0.25, 0.3) is 16.8 Å². The number of nitrogens with one attached hydrogen (secondary N) is 1. The van der Waals surface area contributed by atoms with Crippen LogP contribution in [0.3, 0.4) is 0 Å². The Morgan fingerprint density at radius 2 is 1.63 bits per heavy atom. The van der Waals surface area contributed by atoms with Gasteiger partial charge in [0, 0.05) is 23.5 Å². The number of aliphatic hydroxyl groups excluding tert-OH is 2. The summed E-state index contributed by atoms with van der Waals surface area (Å²) in [6.45, 7) is 10.0. The summed E-state index contributed by atoms with van der Waals surface area (Å²) in [5.74, 6) is -2.08. The summed E-state index contributed by atoms with van der Waals surface area (Å²) in [7, 11) is 0. The Hall–Kier alpha value is -5.87. The summed E-state index contributed by atoms with van der Waals surface area (Å²) in [5, 5.41) is 43.8. The minimum Gasteiger partial charge on any atom is -0.463 e. The van der Waals surface area contributed by atoms with Crippen molar-refractivity contribution in [3.63, 3.8) is 0 Å². The van der Waals surface area contributed by atoms with Gasteiger partial charge < -0.3 is 34.5 Å². The van der Waals surface area contributed by atoms with E-state index in [4.69, 9.17) is 4.74 Å². The number of hydrogen-bond acceptors (Lipinski definition) is 11. The summed E-state index contributed by atoms with van der Waals surface area (Å²) >= 11 is 0. The molecule has 290 valence electrons. The van der Waals surface area contributed by atoms with E-state index in [0.29, 0.717) is 39.3 Å². The normalized spacial score (nSPS) is 13.9. The Morgan fingerprint density at radius 3 is 2.20 bits per heavy atom. The lowest BCUT2D eigenvalue weighted by atomic mass is 9.93. The number of carbonyl (C=O) groups excluding carboxylic acids is 2. The molecule has 16 heteroatoms. The van der Waals surface area contributed by atoms with Gasteiger partial charge in [-0.25, -0.2) is 4.39 Å². The fourth-order valence-electron chi connectivity index (χ4n) is 5.92. The van der Waals surface area contributed by atoms with E-state index in [1.54, 1.807) is 48.6 Å². The Labute approximate surface area is 311 Å². The lowest BCUT2D eigenvalue weighted by Crippen LogP contribution is -2.37. The van der Waals surface area contributed by atoms with Crippen molar-refractivity contribution in [2.45, 2.75) is 83.8 Å². The van der Waals surface area contributed by atoms with Crippen LogP contribution in [0.5, 0.6) is 0 Å². The van der Waals surface area contributed by atoms with Crippen LogP contribution < -0.4 is 5.32 Å². The van der Waals surface area contributed by atoms with Gasteiger partial charge in [-0.05, 0) is 80.1 Å². The number of ether oxygens (including phenoxy) is 1. The van der Waals surface area contributed by atoms with E-state index in [1.807, 2.05) is 43.6 Å². The van der Waals surface area contributed by atoms with Gasteiger partial charge in [0.2, 0.25) is 0 Å². The van der Waals surface area contributed by atoms with Gasteiger partial charge in [0.05, 0.1) is 29.9 Å². The quantitative estimate of drug-likeness (QED) is 0.0468. The zero-order valence-corrected chi connectivity index (χ0v) is 30.4. The maximum absolute atomic E-state index is 14.3. The van der Waals surface area contributed by atoms with Crippen LogP contribution in [-0.2, 0) is 25.8 Å². The molecule has 1 amide bonds. The largest absolute Gasteiger partial charge is 0.463 e. The number of allylic oxidation sites excluding steroid dienone is 5. The highest BCUT2D eigenvalue weighted by atomic mass is 19.1. The maximum Gasteiger partial charge on any atom is 0.308 e. The van der Waals surface area contributed by atoms with Crippen LogP contribution in [-0.4, -0.2) is 67.9 Å². The topological polar surface area (TPSA) is 206 Å². The number of nitrogens with zero attached hydrogens (tertiary/aromatic N) is 3. The second-order valence-electron chi connectivity index (χ2n) is 12.6. The van der Waals surface area contributed by atoms with E-state index >= 15 is 0 Å². The van der Waals surface area contributed by atoms with Crippen molar-refractivity contribution in [3.05, 3.63) is 128 Å². The number of anilines is 1. The highest BCUT2D eigenvalue weighted by molar-refractivity contribution is 6.11. The van der Waals surface area contributed by atoms with Gasteiger partial charge in [-0.15, -0.1) is 20.2 Å². The Kier molecular flexibility index (Phi) is 16.1. The first-order valence-corrected chi connectivity index (χ1v) is 17.1. The Bertz CT molecular complexity index is 1820. The molecule has 0 bridgehead atoms. The minimum atomic E-state index is -1.62. The average Bonchev–Trinajstić information content (AvgIpc) is 3.44. The van der Waals surface area contributed by atoms with Crippen LogP contribution >= 0.6 is 0 Å². The third kappa shape index (κ3) is 12.1. The monoisotopic (exact) mass is 752 g/mol. The van der Waals surface area contributed by atoms with Crippen molar-refractivity contribution < 1.29 is 48.8 Å². The van der Waals surface area contributed by atoms with Gasteiger partial charge in [-0.2, -0.15) is 0 Å². The molecule has 0 radical (unpaired) electrons. The molecule has 0 aliphatic rings. The number of aliphatic hydroxyl groups is 2. The highest BCUT2D eigenvalue weighted by Gasteiger charge is 2.32. The third-order valence-corrected chi connectivity index (χ3v) is 8.20. The standard InChI is InChI=1S/C38H45FN4O11/c1-6-11-26(12-7-2)34-35(38(47)40-29-13-9-8-10-14-29)36(24(3)4)41(37(34)27-15-17-28(39)18-16-27)20-19-30(44)21-31(45)22-33(46)52-23-32(54-43(50)51)25(5)53-42(48)49/h6-18,24-25,30-32,44-45H,1,19-23H2,2-5H3,(H,40,47)/b12-7-,26-11+/t25?,30-,31-,32?/m1/s1. The van der Waals surface area contributed by atoms with Crippen LogP contribution in [0.4, 0.5) is 10.1 Å². The first-order valence-electron chi connectivity index (χ1n) is 17.1. The van der Waals surface area contributed by atoms with E-state index in [2.05, 4.69) is 21.6 Å². The van der Waals surface area contributed by atoms with Crippen molar-refractivity contribution >= 4 is 23.1 Å². The molecule has 3 rings (SSSR count). The first-order chi connectivity index (χ1) is 25.7. The van der Waals surface area contributed by atoms with Gasteiger partial charge in [0.1, 0.15) is 18.5 Å². The van der Waals surface area contributed by atoms with Gasteiger partial charge in [0.15, 0.2) is 6.10 Å². The van der Waals surface area contributed by atoms with Crippen molar-refractivity contribution in [1.82, 2.24) is 4.57 Å². The molecule has 0 spiro atoms. The fourth-order valence-corrected chi connectivity index (χ4v) is 5.92. The summed E-state index contributed by atoms with van der Waals surface area (Å²) in [4.78, 5) is 56.8. The highest BCUT2D eigenvalue weighted by Crippen LogP contribution is 2.41. The van der Waals surface area contributed by atoms with E-state index in [1.165, 1.54) is 12.1 Å². The van der Waals surface area contributed by atoms with Crippen LogP contribution in [0, 0.1) is 26.0 Å². The Morgan fingerprint density at radius 1 is 0.981 bits per heavy atom. The van der Waals surface area contributed by atoms with Crippen molar-refractivity contribution in [1.29, 1.82) is 0 Å². The number of aromatic nitrogens is 1. The molecule has 15 nitrogen and oxygen atoms in total. The molecule has 0 saturated heterocycles. The number of carbonyl (C=O) groups is 2. The second-order valence-corrected chi connectivity index (χ2v) is 12.6. The number of esters is 1. The molecular formula is C38H45FN4O11. The fraction of sp³-hybridized carbons (Fsp3) is 0.368. The number of hydrogen-bond donors (Lipinski definition) is 3. The molecule has 2 unspecified atom stereocenters. The lowest BCUT2D eigenvalue weighted by Gasteiger charge is -2.21. The predicted octanol–water partition coefficient (Wildman–Crippen LogP) is 6.42. The molecular weight excluding hydrogens is 707 g/mol. The third-order valence-electron chi connectivity index (χ3n) is 8.20. The van der Waals surface area contributed by atoms with Crippen LogP contribution in [0.15, 0.2) is 85.5 Å². The first kappa shape index (κ1) is 42.5. The predicted molar refractivity (Wildman–Crippen MR) is 198 cm³/mol. The molecule has 3 N–H and O–H groups in total. The number of para-hydroxylation sites is 1. The number of rotatable bonds is 21. The summed E-state index contributed by atoms with van der Waals surface area (Å²) in [6.07, 6.45) is 0.537. The molecule has 1 aromatic heterocycles. The average molecular weight is 753 g/mol. The molecule has 0 saturated carbocycles. The van der Waals surface area contributed by atoms with Crippen LogP contribution in [0.1, 0.15) is 74.5 Å². The van der Waals surface area contributed by atoms with Crippen molar-refractivity contribution in [3.8, 4) is 11.3 Å². The van der Waals surface area contributed by atoms with E-state index in [-0.39, 0.29) is 31.2 Å². The van der Waals surface area contributed by atoms with E-state index in [0.717, 1.165) is 6.92 Å². The molecule has 4 atom stereocenters. The van der Waals surface area contributed by atoms with Crippen molar-refractivity contribution in [2.75, 3.05) is 11.9 Å². The number of amides is 1. The number of benzene rings is 2. The Balaban J connectivity index is 1.96. The SMILES string of the molecule is C=C/C=C(\C=C/C)c1c(C(=O)Nc2ccccc2)c(C(C)C)n(CC[C@@H](O)C[C@@H](O)CC(=O)OCC(O[N+](=O)[O-])C(C)O[N+](=O)[O-])c1-c1ccc(F)cc1. The summed E-state index contributed by atoms with van der Waals surface area (Å²) < 4.78 is 21.1. The van der Waals surface area contributed by atoms with E-state index in [9.17, 15) is 44.4 Å². The summed E-state index contributed by atoms with van der Waals surface area (Å²) in [6, 6.07) is 14.8. The lowest BCUT2D eigenvalue weighted by molar-refractivity contribution is -0.798. The molecule has 0 aliphatic heterocycles. The zero-order chi connectivity index (χ0) is 39.9. The molecule has 54 heavy (non-hydrogen) atoms. The zero-order valence-electron chi connectivity index (χ0n) is 30.4. The molecule has 3 aromatic rings. The summed E-state index contributed by atoms with van der Waals surface area (Å²) in [5.41, 5.74) is 3.98. The minimum absolute atomic E-state index is 0.0481. The van der Waals surface area contributed by atoms with E-state index < -0.39 is 59.4 Å².